The maximum absolute atomic E-state index is 13.8. The SMILES string of the molecule is COc1ccc(CN2CCN(CC(=O)NC(C)(C#N)C3CC3)CC2)cc1F. The largest absolute Gasteiger partial charge is 0.494 e. The molecule has 7 heteroatoms. The van der Waals surface area contributed by atoms with Gasteiger partial charge in [-0.15, -0.1) is 0 Å². The van der Waals surface area contributed by atoms with Crippen molar-refractivity contribution in [1.29, 1.82) is 5.26 Å². The van der Waals surface area contributed by atoms with Gasteiger partial charge in [-0.2, -0.15) is 5.26 Å². The van der Waals surface area contributed by atoms with Gasteiger partial charge in [0.1, 0.15) is 5.54 Å². The molecule has 146 valence electrons. The summed E-state index contributed by atoms with van der Waals surface area (Å²) in [5, 5.41) is 12.3. The zero-order chi connectivity index (χ0) is 19.4. The second-order valence-corrected chi connectivity index (χ2v) is 7.66. The van der Waals surface area contributed by atoms with E-state index in [0.717, 1.165) is 44.6 Å². The van der Waals surface area contributed by atoms with Crippen molar-refractivity contribution in [2.45, 2.75) is 31.8 Å². The number of nitrogens with zero attached hydrogens (tertiary/aromatic N) is 3. The minimum Gasteiger partial charge on any atom is -0.494 e. The van der Waals surface area contributed by atoms with E-state index in [2.05, 4.69) is 21.2 Å². The van der Waals surface area contributed by atoms with Crippen LogP contribution in [0.3, 0.4) is 0 Å². The molecule has 0 bridgehead atoms. The summed E-state index contributed by atoms with van der Waals surface area (Å²) in [6, 6.07) is 7.30. The first kappa shape index (κ1) is 19.6. The Morgan fingerprint density at radius 2 is 2.00 bits per heavy atom. The topological polar surface area (TPSA) is 68.6 Å². The van der Waals surface area contributed by atoms with Crippen LogP contribution >= 0.6 is 0 Å². The van der Waals surface area contributed by atoms with Crippen molar-refractivity contribution in [2.75, 3.05) is 39.8 Å². The number of nitriles is 1. The maximum Gasteiger partial charge on any atom is 0.235 e. The van der Waals surface area contributed by atoms with Gasteiger partial charge in [0.2, 0.25) is 5.91 Å². The van der Waals surface area contributed by atoms with Gasteiger partial charge in [-0.05, 0) is 43.4 Å². The van der Waals surface area contributed by atoms with Gasteiger partial charge in [-0.1, -0.05) is 6.07 Å². The van der Waals surface area contributed by atoms with E-state index in [9.17, 15) is 14.4 Å². The molecular formula is C20H27FN4O2. The number of hydrogen-bond donors (Lipinski definition) is 1. The highest BCUT2D eigenvalue weighted by Crippen LogP contribution is 2.39. The van der Waals surface area contributed by atoms with E-state index in [1.54, 1.807) is 6.07 Å². The summed E-state index contributed by atoms with van der Waals surface area (Å²) in [4.78, 5) is 16.7. The van der Waals surface area contributed by atoms with E-state index < -0.39 is 5.54 Å². The molecule has 1 aromatic carbocycles. The van der Waals surface area contributed by atoms with Crippen molar-refractivity contribution in [2.24, 2.45) is 5.92 Å². The number of piperazine rings is 1. The van der Waals surface area contributed by atoms with Crippen molar-refractivity contribution in [1.82, 2.24) is 15.1 Å². The van der Waals surface area contributed by atoms with Crippen LogP contribution in [0.1, 0.15) is 25.3 Å². The number of hydrogen-bond acceptors (Lipinski definition) is 5. The lowest BCUT2D eigenvalue weighted by Crippen LogP contribution is -2.53. The lowest BCUT2D eigenvalue weighted by atomic mass is 9.98. The average molecular weight is 374 g/mol. The van der Waals surface area contributed by atoms with Crippen molar-refractivity contribution in [3.63, 3.8) is 0 Å². The highest BCUT2D eigenvalue weighted by atomic mass is 19.1. The number of rotatable bonds is 7. The highest BCUT2D eigenvalue weighted by Gasteiger charge is 2.43. The van der Waals surface area contributed by atoms with Gasteiger partial charge >= 0.3 is 0 Å². The van der Waals surface area contributed by atoms with Crippen LogP contribution in [-0.4, -0.2) is 61.1 Å². The summed E-state index contributed by atoms with van der Waals surface area (Å²) >= 11 is 0. The minimum atomic E-state index is -0.739. The van der Waals surface area contributed by atoms with Crippen LogP contribution < -0.4 is 10.1 Å². The second kappa shape index (κ2) is 8.24. The van der Waals surface area contributed by atoms with Gasteiger partial charge in [0, 0.05) is 32.7 Å². The Morgan fingerprint density at radius 3 is 2.56 bits per heavy atom. The van der Waals surface area contributed by atoms with Crippen molar-refractivity contribution in [3.05, 3.63) is 29.6 Å². The van der Waals surface area contributed by atoms with Crippen LogP contribution in [0.2, 0.25) is 0 Å². The van der Waals surface area contributed by atoms with Crippen molar-refractivity contribution >= 4 is 5.91 Å². The third kappa shape index (κ3) is 4.96. The molecule has 0 spiro atoms. The first-order chi connectivity index (χ1) is 12.9. The molecule has 1 atom stereocenters. The zero-order valence-electron chi connectivity index (χ0n) is 16.0. The summed E-state index contributed by atoms with van der Waals surface area (Å²) in [6.45, 7) is 5.99. The first-order valence-electron chi connectivity index (χ1n) is 9.43. The molecule has 1 saturated heterocycles. The number of methoxy groups -OCH3 is 1. The van der Waals surface area contributed by atoms with Crippen LogP contribution in [0.5, 0.6) is 5.75 Å². The minimum absolute atomic E-state index is 0.0865. The van der Waals surface area contributed by atoms with Crippen molar-refractivity contribution in [3.8, 4) is 11.8 Å². The lowest BCUT2D eigenvalue weighted by Gasteiger charge is -2.35. The highest BCUT2D eigenvalue weighted by molar-refractivity contribution is 5.79. The zero-order valence-corrected chi connectivity index (χ0v) is 16.0. The fraction of sp³-hybridized carbons (Fsp3) is 0.600. The molecule has 1 unspecified atom stereocenters. The number of ether oxygens (including phenoxy) is 1. The van der Waals surface area contributed by atoms with E-state index in [4.69, 9.17) is 4.74 Å². The van der Waals surface area contributed by atoms with Gasteiger partial charge in [0.05, 0.1) is 19.7 Å². The Morgan fingerprint density at radius 1 is 1.33 bits per heavy atom. The number of carbonyl (C=O) groups is 1. The molecule has 0 radical (unpaired) electrons. The fourth-order valence-electron chi connectivity index (χ4n) is 3.59. The molecule has 1 heterocycles. The number of benzene rings is 1. The molecule has 1 amide bonds. The van der Waals surface area contributed by atoms with Gasteiger partial charge in [0.15, 0.2) is 11.6 Å². The third-order valence-corrected chi connectivity index (χ3v) is 5.48. The molecule has 3 rings (SSSR count). The molecule has 1 aliphatic heterocycles. The van der Waals surface area contributed by atoms with Crippen LogP contribution in [0.15, 0.2) is 18.2 Å². The van der Waals surface area contributed by atoms with E-state index in [0.29, 0.717) is 13.1 Å². The predicted molar refractivity (Wildman–Crippen MR) is 99.6 cm³/mol. The Hall–Kier alpha value is -2.17. The summed E-state index contributed by atoms with van der Waals surface area (Å²) in [6.07, 6.45) is 2.02. The second-order valence-electron chi connectivity index (χ2n) is 7.66. The van der Waals surface area contributed by atoms with Gasteiger partial charge in [-0.3, -0.25) is 14.6 Å². The summed E-state index contributed by atoms with van der Waals surface area (Å²) < 4.78 is 18.8. The Bertz CT molecular complexity index is 723. The molecule has 2 fully saturated rings. The predicted octanol–water partition coefficient (Wildman–Crippen LogP) is 1.76. The third-order valence-electron chi connectivity index (χ3n) is 5.48. The first-order valence-corrected chi connectivity index (χ1v) is 9.43. The molecule has 1 aromatic rings. The normalized spacial score (nSPS) is 20.5. The average Bonchev–Trinajstić information content (AvgIpc) is 3.49. The molecule has 2 aliphatic rings. The van der Waals surface area contributed by atoms with Gasteiger partial charge in [0.25, 0.3) is 0 Å². The molecule has 6 nitrogen and oxygen atoms in total. The molecule has 1 saturated carbocycles. The molecule has 27 heavy (non-hydrogen) atoms. The monoisotopic (exact) mass is 374 g/mol. The maximum atomic E-state index is 13.8. The standard InChI is InChI=1S/C20H27FN4O2/c1-20(14-22,16-4-5-16)23-19(26)13-25-9-7-24(8-10-25)12-15-3-6-18(27-2)17(21)11-15/h3,6,11,16H,4-5,7-10,12-13H2,1-2H3,(H,23,26). The van der Waals surface area contributed by atoms with Gasteiger partial charge in [-0.25, -0.2) is 4.39 Å². The molecule has 0 aromatic heterocycles. The summed E-state index contributed by atoms with van der Waals surface area (Å²) in [5.74, 6) is 0.108. The number of amides is 1. The summed E-state index contributed by atoms with van der Waals surface area (Å²) in [7, 11) is 1.46. The number of carbonyl (C=O) groups excluding carboxylic acids is 1. The molecular weight excluding hydrogens is 347 g/mol. The van der Waals surface area contributed by atoms with Crippen LogP contribution in [0.4, 0.5) is 4.39 Å². The van der Waals surface area contributed by atoms with E-state index in [1.807, 2.05) is 13.0 Å². The van der Waals surface area contributed by atoms with E-state index in [1.165, 1.54) is 13.2 Å². The fourth-order valence-corrected chi connectivity index (χ4v) is 3.59. The lowest BCUT2D eigenvalue weighted by molar-refractivity contribution is -0.124. The van der Waals surface area contributed by atoms with Crippen molar-refractivity contribution < 1.29 is 13.9 Å². The number of halogens is 1. The van der Waals surface area contributed by atoms with E-state index >= 15 is 0 Å². The van der Waals surface area contributed by atoms with Crippen LogP contribution in [0.25, 0.3) is 0 Å². The molecule has 1 aliphatic carbocycles. The number of nitrogens with one attached hydrogen (secondary N) is 1. The smallest absolute Gasteiger partial charge is 0.235 e. The van der Waals surface area contributed by atoms with E-state index in [-0.39, 0.29) is 23.4 Å². The Labute approximate surface area is 159 Å². The van der Waals surface area contributed by atoms with Gasteiger partial charge < -0.3 is 10.1 Å². The summed E-state index contributed by atoms with van der Waals surface area (Å²) in [5.41, 5.74) is 0.172. The molecule has 1 N–H and O–H groups in total. The van der Waals surface area contributed by atoms with Crippen LogP contribution in [-0.2, 0) is 11.3 Å². The Kier molecular flexibility index (Phi) is 5.98. The van der Waals surface area contributed by atoms with Crippen LogP contribution in [0, 0.1) is 23.1 Å². The quantitative estimate of drug-likeness (QED) is 0.788. The Balaban J connectivity index is 1.44.